The maximum Gasteiger partial charge on any atom is 0.264 e. The summed E-state index contributed by atoms with van der Waals surface area (Å²) in [6.07, 6.45) is -1.01. The molecule has 1 atom stereocenters. The zero-order valence-electron chi connectivity index (χ0n) is 19.9. The zero-order chi connectivity index (χ0) is 25.0. The lowest BCUT2D eigenvalue weighted by molar-refractivity contribution is -0.127. The standard InChI is InChI=1S/C26H28N2O6S/c1-18-8-9-21(16-19(18)2)33-15-14-27-26(29)25-17-28(23-6-4-5-7-24(23)34-25)35(30,31)22-12-10-20(32-3)11-13-22/h4-13,16,25H,14-15,17H2,1-3H3,(H,27,29). The van der Waals surface area contributed by atoms with E-state index in [1.165, 1.54) is 29.1 Å². The lowest BCUT2D eigenvalue weighted by Crippen LogP contribution is -2.51. The third kappa shape index (κ3) is 5.35. The number of amides is 1. The Morgan fingerprint density at radius 2 is 1.74 bits per heavy atom. The Morgan fingerprint density at radius 3 is 2.46 bits per heavy atom. The monoisotopic (exact) mass is 496 g/mol. The molecule has 8 nitrogen and oxygen atoms in total. The summed E-state index contributed by atoms with van der Waals surface area (Å²) in [5.41, 5.74) is 2.68. The van der Waals surface area contributed by atoms with Crippen molar-refractivity contribution in [3.05, 3.63) is 77.9 Å². The number of anilines is 1. The molecule has 4 rings (SSSR count). The van der Waals surface area contributed by atoms with Crippen molar-refractivity contribution in [2.24, 2.45) is 0 Å². The van der Waals surface area contributed by atoms with E-state index in [1.54, 1.807) is 36.4 Å². The van der Waals surface area contributed by atoms with Crippen molar-refractivity contribution < 1.29 is 27.4 Å². The highest BCUT2D eigenvalue weighted by atomic mass is 32.2. The van der Waals surface area contributed by atoms with E-state index in [2.05, 4.69) is 5.32 Å². The van der Waals surface area contributed by atoms with Gasteiger partial charge in [0, 0.05) is 0 Å². The van der Waals surface area contributed by atoms with Crippen LogP contribution in [0.5, 0.6) is 17.2 Å². The molecule has 0 bridgehead atoms. The number of carbonyl (C=O) groups excluding carboxylic acids is 1. The van der Waals surface area contributed by atoms with Crippen LogP contribution in [0.15, 0.2) is 71.6 Å². The molecule has 3 aromatic rings. The number of hydrogen-bond donors (Lipinski definition) is 1. The van der Waals surface area contributed by atoms with Crippen molar-refractivity contribution in [1.82, 2.24) is 5.32 Å². The predicted molar refractivity (Wildman–Crippen MR) is 133 cm³/mol. The largest absolute Gasteiger partial charge is 0.497 e. The molecule has 1 heterocycles. The van der Waals surface area contributed by atoms with Crippen molar-refractivity contribution in [2.45, 2.75) is 24.8 Å². The summed E-state index contributed by atoms with van der Waals surface area (Å²) in [6.45, 7) is 4.40. The predicted octanol–water partition coefficient (Wildman–Crippen LogP) is 3.46. The van der Waals surface area contributed by atoms with E-state index in [9.17, 15) is 13.2 Å². The van der Waals surface area contributed by atoms with Crippen LogP contribution in [-0.4, -0.2) is 47.2 Å². The Kier molecular flexibility index (Phi) is 7.16. The second-order valence-electron chi connectivity index (χ2n) is 8.17. The number of nitrogens with one attached hydrogen (secondary N) is 1. The number of carbonyl (C=O) groups is 1. The van der Waals surface area contributed by atoms with Gasteiger partial charge in [-0.05, 0) is 73.5 Å². The number of fused-ring (bicyclic) bond motifs is 1. The van der Waals surface area contributed by atoms with Crippen LogP contribution in [-0.2, 0) is 14.8 Å². The molecule has 35 heavy (non-hydrogen) atoms. The van der Waals surface area contributed by atoms with Crippen LogP contribution in [0.1, 0.15) is 11.1 Å². The number of rotatable bonds is 8. The Balaban J connectivity index is 1.45. The average Bonchev–Trinajstić information content (AvgIpc) is 2.87. The molecule has 0 saturated heterocycles. The topological polar surface area (TPSA) is 94.2 Å². The van der Waals surface area contributed by atoms with E-state index in [-0.39, 0.29) is 24.6 Å². The van der Waals surface area contributed by atoms with Gasteiger partial charge in [0.2, 0.25) is 0 Å². The Labute approximate surface area is 205 Å². The number of methoxy groups -OCH3 is 1. The summed E-state index contributed by atoms with van der Waals surface area (Å²) >= 11 is 0. The summed E-state index contributed by atoms with van der Waals surface area (Å²) in [5, 5.41) is 2.78. The van der Waals surface area contributed by atoms with Crippen LogP contribution >= 0.6 is 0 Å². The lowest BCUT2D eigenvalue weighted by Gasteiger charge is -2.34. The van der Waals surface area contributed by atoms with E-state index in [0.29, 0.717) is 17.2 Å². The molecule has 0 radical (unpaired) electrons. The summed E-state index contributed by atoms with van der Waals surface area (Å²) < 4.78 is 44.8. The highest BCUT2D eigenvalue weighted by Crippen LogP contribution is 2.37. The van der Waals surface area contributed by atoms with Gasteiger partial charge in [0.1, 0.15) is 23.9 Å². The fourth-order valence-corrected chi connectivity index (χ4v) is 5.18. The molecule has 0 spiro atoms. The second kappa shape index (κ2) is 10.3. The third-order valence-electron chi connectivity index (χ3n) is 5.82. The summed E-state index contributed by atoms with van der Waals surface area (Å²) in [4.78, 5) is 13.0. The van der Waals surface area contributed by atoms with Gasteiger partial charge in [0.25, 0.3) is 15.9 Å². The molecule has 3 aromatic carbocycles. The van der Waals surface area contributed by atoms with Crippen molar-refractivity contribution in [1.29, 1.82) is 0 Å². The number of benzene rings is 3. The first-order valence-electron chi connectivity index (χ1n) is 11.2. The Bertz CT molecular complexity index is 1310. The van der Waals surface area contributed by atoms with E-state index in [4.69, 9.17) is 14.2 Å². The third-order valence-corrected chi connectivity index (χ3v) is 7.62. The van der Waals surface area contributed by atoms with Gasteiger partial charge >= 0.3 is 0 Å². The van der Waals surface area contributed by atoms with Crippen LogP contribution in [0, 0.1) is 13.8 Å². The zero-order valence-corrected chi connectivity index (χ0v) is 20.7. The quantitative estimate of drug-likeness (QED) is 0.480. The van der Waals surface area contributed by atoms with Crippen LogP contribution < -0.4 is 23.8 Å². The summed E-state index contributed by atoms with van der Waals surface area (Å²) in [6, 6.07) is 18.7. The molecule has 184 valence electrons. The molecule has 0 aliphatic carbocycles. The van der Waals surface area contributed by atoms with Crippen molar-refractivity contribution in [3.63, 3.8) is 0 Å². The van der Waals surface area contributed by atoms with E-state index in [0.717, 1.165) is 11.3 Å². The minimum Gasteiger partial charge on any atom is -0.497 e. The SMILES string of the molecule is COc1ccc(S(=O)(=O)N2CC(C(=O)NCCOc3ccc(C)c(C)c3)Oc3ccccc32)cc1. The highest BCUT2D eigenvalue weighted by Gasteiger charge is 2.37. The summed E-state index contributed by atoms with van der Waals surface area (Å²) in [5.74, 6) is 1.18. The molecule has 9 heteroatoms. The Hall–Kier alpha value is -3.72. The fraction of sp³-hybridized carbons (Fsp3) is 0.269. The second-order valence-corrected chi connectivity index (χ2v) is 10.0. The number of aryl methyl sites for hydroxylation is 2. The molecule has 0 saturated carbocycles. The van der Waals surface area contributed by atoms with Gasteiger partial charge in [-0.2, -0.15) is 0 Å². The molecular weight excluding hydrogens is 468 g/mol. The minimum absolute atomic E-state index is 0.0935. The minimum atomic E-state index is -3.94. The number of ether oxygens (including phenoxy) is 3. The van der Waals surface area contributed by atoms with Crippen molar-refractivity contribution in [2.75, 3.05) is 31.1 Å². The van der Waals surface area contributed by atoms with Crippen molar-refractivity contribution >= 4 is 21.6 Å². The van der Waals surface area contributed by atoms with Crippen LogP contribution in [0.4, 0.5) is 5.69 Å². The molecule has 1 unspecified atom stereocenters. The number of para-hydroxylation sites is 2. The van der Waals surface area contributed by atoms with Crippen molar-refractivity contribution in [3.8, 4) is 17.2 Å². The van der Waals surface area contributed by atoms with Gasteiger partial charge in [0.05, 0.1) is 30.8 Å². The van der Waals surface area contributed by atoms with E-state index in [1.807, 2.05) is 32.0 Å². The molecule has 1 amide bonds. The van der Waals surface area contributed by atoms with Gasteiger partial charge in [-0.25, -0.2) is 8.42 Å². The van der Waals surface area contributed by atoms with Gasteiger partial charge in [-0.1, -0.05) is 18.2 Å². The lowest BCUT2D eigenvalue weighted by atomic mass is 10.1. The number of nitrogens with zero attached hydrogens (tertiary/aromatic N) is 1. The Morgan fingerprint density at radius 1 is 1.03 bits per heavy atom. The van der Waals surface area contributed by atoms with Gasteiger partial charge in [0.15, 0.2) is 6.10 Å². The molecular formula is C26H28N2O6S. The average molecular weight is 497 g/mol. The normalized spacial score (nSPS) is 15.1. The van der Waals surface area contributed by atoms with Crippen LogP contribution in [0.3, 0.4) is 0 Å². The molecule has 1 N–H and O–H groups in total. The molecule has 0 aromatic heterocycles. The maximum absolute atomic E-state index is 13.5. The van der Waals surface area contributed by atoms with Gasteiger partial charge in [-0.15, -0.1) is 0 Å². The van der Waals surface area contributed by atoms with E-state index >= 15 is 0 Å². The smallest absolute Gasteiger partial charge is 0.264 e. The first kappa shape index (κ1) is 24.4. The maximum atomic E-state index is 13.5. The number of hydrogen-bond acceptors (Lipinski definition) is 6. The first-order valence-corrected chi connectivity index (χ1v) is 12.6. The molecule has 1 aliphatic rings. The summed E-state index contributed by atoms with van der Waals surface area (Å²) in [7, 11) is -2.43. The fourth-order valence-electron chi connectivity index (χ4n) is 3.70. The molecule has 1 aliphatic heterocycles. The van der Waals surface area contributed by atoms with Gasteiger partial charge < -0.3 is 19.5 Å². The van der Waals surface area contributed by atoms with Crippen LogP contribution in [0.25, 0.3) is 0 Å². The van der Waals surface area contributed by atoms with Gasteiger partial charge in [-0.3, -0.25) is 9.10 Å². The first-order chi connectivity index (χ1) is 16.8. The van der Waals surface area contributed by atoms with E-state index < -0.39 is 22.0 Å². The van der Waals surface area contributed by atoms with Crippen LogP contribution in [0.2, 0.25) is 0 Å². The molecule has 0 fully saturated rings. The number of sulfonamides is 1. The highest BCUT2D eigenvalue weighted by molar-refractivity contribution is 7.92.